The number of nitrogens with one attached hydrogen (secondary N) is 1. The van der Waals surface area contributed by atoms with E-state index in [1.807, 2.05) is 50.2 Å². The lowest BCUT2D eigenvalue weighted by molar-refractivity contribution is -0.141. The van der Waals surface area contributed by atoms with E-state index in [4.69, 9.17) is 8.83 Å². The first-order chi connectivity index (χ1) is 15.8. The van der Waals surface area contributed by atoms with Gasteiger partial charge in [-0.25, -0.2) is 9.59 Å². The molecule has 7 heteroatoms. The molecule has 4 rings (SSSR count). The molecule has 0 aliphatic heterocycles. The van der Waals surface area contributed by atoms with E-state index in [0.717, 1.165) is 16.5 Å². The van der Waals surface area contributed by atoms with Gasteiger partial charge in [-0.2, -0.15) is 0 Å². The monoisotopic (exact) mass is 447 g/mol. The highest BCUT2D eigenvalue weighted by Crippen LogP contribution is 2.37. The van der Waals surface area contributed by atoms with Crippen LogP contribution in [0.1, 0.15) is 36.5 Å². The molecule has 1 atom stereocenters. The average molecular weight is 447 g/mol. The second-order valence-electron chi connectivity index (χ2n) is 8.19. The van der Waals surface area contributed by atoms with Gasteiger partial charge in [0.15, 0.2) is 0 Å². The molecule has 2 heterocycles. The Balaban J connectivity index is 1.79. The van der Waals surface area contributed by atoms with Crippen LogP contribution in [0.15, 0.2) is 56.3 Å². The van der Waals surface area contributed by atoms with Gasteiger partial charge >= 0.3 is 11.6 Å². The molecule has 0 bridgehead atoms. The largest absolute Gasteiger partial charge is 0.480 e. The van der Waals surface area contributed by atoms with Crippen molar-refractivity contribution in [3.05, 3.63) is 69.8 Å². The third kappa shape index (κ3) is 4.14. The molecule has 0 saturated heterocycles. The summed E-state index contributed by atoms with van der Waals surface area (Å²) in [5, 5.41) is 13.4. The van der Waals surface area contributed by atoms with Crippen molar-refractivity contribution >= 4 is 33.8 Å². The molecule has 2 N–H and O–H groups in total. The van der Waals surface area contributed by atoms with Gasteiger partial charge in [0, 0.05) is 21.9 Å². The summed E-state index contributed by atoms with van der Waals surface area (Å²) < 4.78 is 11.4. The molecule has 170 valence electrons. The topological polar surface area (TPSA) is 110 Å². The van der Waals surface area contributed by atoms with Crippen LogP contribution in [-0.2, 0) is 16.0 Å². The van der Waals surface area contributed by atoms with E-state index in [0.29, 0.717) is 40.5 Å². The summed E-state index contributed by atoms with van der Waals surface area (Å²) in [5.74, 6) is -1.63. The molecule has 0 fully saturated rings. The van der Waals surface area contributed by atoms with Crippen molar-refractivity contribution in [1.29, 1.82) is 0 Å². The minimum atomic E-state index is -1.10. The van der Waals surface area contributed by atoms with Crippen molar-refractivity contribution < 1.29 is 23.5 Å². The second kappa shape index (κ2) is 8.94. The standard InChI is InChI=1S/C26H25NO6/c1-4-8-21(25(29)30)27-22(28)12-18-14(2)17-11-19-20(16-9-6-5-7-10-16)13-32-23(19)15(3)24(17)33-26(18)31/h5-7,9-11,13,21H,4,8,12H2,1-3H3,(H,27,28)(H,29,30). The molecular weight excluding hydrogens is 422 g/mol. The SMILES string of the molecule is CCCC(NC(=O)Cc1c(C)c2cc3c(-c4ccccc4)coc3c(C)c2oc1=O)C(=O)O. The Labute approximate surface area is 190 Å². The summed E-state index contributed by atoms with van der Waals surface area (Å²) in [6, 6.07) is 10.8. The number of carboxylic acid groups (broad SMARTS) is 1. The first-order valence-corrected chi connectivity index (χ1v) is 10.9. The van der Waals surface area contributed by atoms with E-state index in [1.54, 1.807) is 13.2 Å². The average Bonchev–Trinajstić information content (AvgIpc) is 3.22. The van der Waals surface area contributed by atoms with Crippen molar-refractivity contribution in [3.8, 4) is 11.1 Å². The summed E-state index contributed by atoms with van der Waals surface area (Å²) >= 11 is 0. The Bertz CT molecular complexity index is 1410. The predicted octanol–water partition coefficient (Wildman–Crippen LogP) is 4.74. The fraction of sp³-hybridized carbons (Fsp3) is 0.269. The van der Waals surface area contributed by atoms with E-state index in [-0.39, 0.29) is 12.0 Å². The number of hydrogen-bond acceptors (Lipinski definition) is 5. The summed E-state index contributed by atoms with van der Waals surface area (Å²) in [5.41, 5.74) is 3.90. The van der Waals surface area contributed by atoms with Gasteiger partial charge in [0.05, 0.1) is 18.2 Å². The quantitative estimate of drug-likeness (QED) is 0.396. The van der Waals surface area contributed by atoms with E-state index in [1.165, 1.54) is 0 Å². The fourth-order valence-electron chi connectivity index (χ4n) is 4.19. The summed E-state index contributed by atoms with van der Waals surface area (Å²) in [6.07, 6.45) is 2.35. The lowest BCUT2D eigenvalue weighted by Crippen LogP contribution is -2.41. The Hall–Kier alpha value is -3.87. The minimum absolute atomic E-state index is 0.212. The lowest BCUT2D eigenvalue weighted by Gasteiger charge is -2.14. The molecule has 0 saturated carbocycles. The number of aryl methyl sites for hydroxylation is 2. The van der Waals surface area contributed by atoms with Gasteiger partial charge in [-0.1, -0.05) is 43.7 Å². The third-order valence-electron chi connectivity index (χ3n) is 5.97. The van der Waals surface area contributed by atoms with Crippen LogP contribution in [0.25, 0.3) is 33.1 Å². The highest BCUT2D eigenvalue weighted by Gasteiger charge is 2.23. The summed E-state index contributed by atoms with van der Waals surface area (Å²) in [6.45, 7) is 5.45. The number of carbonyl (C=O) groups excluding carboxylic acids is 1. The number of carbonyl (C=O) groups is 2. The van der Waals surface area contributed by atoms with Gasteiger partial charge in [-0.15, -0.1) is 0 Å². The van der Waals surface area contributed by atoms with Gasteiger partial charge < -0.3 is 19.3 Å². The lowest BCUT2D eigenvalue weighted by atomic mass is 9.97. The van der Waals surface area contributed by atoms with Crippen molar-refractivity contribution in [3.63, 3.8) is 0 Å². The van der Waals surface area contributed by atoms with E-state index in [9.17, 15) is 19.5 Å². The predicted molar refractivity (Wildman–Crippen MR) is 125 cm³/mol. The van der Waals surface area contributed by atoms with Crippen molar-refractivity contribution in [2.45, 2.75) is 46.1 Å². The molecule has 7 nitrogen and oxygen atoms in total. The van der Waals surface area contributed by atoms with Crippen LogP contribution in [0.2, 0.25) is 0 Å². The molecular formula is C26H25NO6. The zero-order valence-electron chi connectivity index (χ0n) is 18.7. The minimum Gasteiger partial charge on any atom is -0.480 e. The number of rotatable bonds is 7. The van der Waals surface area contributed by atoms with Gasteiger partial charge in [0.25, 0.3) is 0 Å². The van der Waals surface area contributed by atoms with Crippen LogP contribution in [-0.4, -0.2) is 23.0 Å². The molecule has 0 spiro atoms. The normalized spacial score (nSPS) is 12.2. The van der Waals surface area contributed by atoms with Crippen LogP contribution < -0.4 is 10.9 Å². The van der Waals surface area contributed by atoms with Crippen LogP contribution in [0, 0.1) is 13.8 Å². The first kappa shape index (κ1) is 22.3. The molecule has 4 aromatic rings. The Morgan fingerprint density at radius 2 is 1.79 bits per heavy atom. The fourth-order valence-corrected chi connectivity index (χ4v) is 4.19. The van der Waals surface area contributed by atoms with Gasteiger partial charge in [0.2, 0.25) is 5.91 Å². The Kier molecular flexibility index (Phi) is 6.05. The highest BCUT2D eigenvalue weighted by molar-refractivity contribution is 6.05. The maximum atomic E-state index is 12.8. The molecule has 33 heavy (non-hydrogen) atoms. The smallest absolute Gasteiger partial charge is 0.340 e. The molecule has 0 aliphatic carbocycles. The number of aliphatic carboxylic acids is 1. The molecule has 1 unspecified atom stereocenters. The number of hydrogen-bond donors (Lipinski definition) is 2. The molecule has 1 amide bonds. The van der Waals surface area contributed by atoms with Crippen molar-refractivity contribution in [2.75, 3.05) is 0 Å². The van der Waals surface area contributed by atoms with E-state index < -0.39 is 23.5 Å². The zero-order chi connectivity index (χ0) is 23.7. The number of benzene rings is 2. The maximum Gasteiger partial charge on any atom is 0.340 e. The van der Waals surface area contributed by atoms with Crippen LogP contribution in [0.4, 0.5) is 0 Å². The molecule has 2 aromatic heterocycles. The van der Waals surface area contributed by atoms with Gasteiger partial charge in [-0.3, -0.25) is 4.79 Å². The first-order valence-electron chi connectivity index (χ1n) is 10.9. The maximum absolute atomic E-state index is 12.8. The van der Waals surface area contributed by atoms with Crippen LogP contribution in [0.3, 0.4) is 0 Å². The third-order valence-corrected chi connectivity index (χ3v) is 5.97. The van der Waals surface area contributed by atoms with Crippen LogP contribution in [0.5, 0.6) is 0 Å². The zero-order valence-corrected chi connectivity index (χ0v) is 18.7. The molecule has 2 aromatic carbocycles. The number of amides is 1. The van der Waals surface area contributed by atoms with Crippen molar-refractivity contribution in [2.24, 2.45) is 0 Å². The van der Waals surface area contributed by atoms with E-state index in [2.05, 4.69) is 5.32 Å². The number of furan rings is 1. The van der Waals surface area contributed by atoms with Gasteiger partial charge in [0.1, 0.15) is 17.2 Å². The highest BCUT2D eigenvalue weighted by atomic mass is 16.4. The number of carboxylic acids is 1. The Morgan fingerprint density at radius 3 is 2.45 bits per heavy atom. The number of fused-ring (bicyclic) bond motifs is 2. The Morgan fingerprint density at radius 1 is 1.06 bits per heavy atom. The molecule has 0 aliphatic rings. The molecule has 0 radical (unpaired) electrons. The van der Waals surface area contributed by atoms with Crippen molar-refractivity contribution in [1.82, 2.24) is 5.32 Å². The summed E-state index contributed by atoms with van der Waals surface area (Å²) in [4.78, 5) is 36.7. The van der Waals surface area contributed by atoms with Gasteiger partial charge in [-0.05, 0) is 37.5 Å². The second-order valence-corrected chi connectivity index (χ2v) is 8.19. The van der Waals surface area contributed by atoms with Crippen LogP contribution >= 0.6 is 0 Å². The van der Waals surface area contributed by atoms with E-state index >= 15 is 0 Å². The summed E-state index contributed by atoms with van der Waals surface area (Å²) in [7, 11) is 0.